The van der Waals surface area contributed by atoms with Crippen molar-refractivity contribution in [1.29, 1.82) is 0 Å². The van der Waals surface area contributed by atoms with Crippen molar-refractivity contribution in [3.63, 3.8) is 0 Å². The molecule has 0 saturated heterocycles. The predicted molar refractivity (Wildman–Crippen MR) is 51.2 cm³/mol. The lowest BCUT2D eigenvalue weighted by Gasteiger charge is -2.12. The fraction of sp³-hybridized carbons (Fsp3) is 0.889. The van der Waals surface area contributed by atoms with Crippen molar-refractivity contribution in [2.24, 2.45) is 5.92 Å². The lowest BCUT2D eigenvalue weighted by atomic mass is 10.1. The molecule has 0 aromatic rings. The van der Waals surface area contributed by atoms with Crippen molar-refractivity contribution in [2.45, 2.75) is 19.8 Å². The van der Waals surface area contributed by atoms with Crippen LogP contribution in [0.1, 0.15) is 19.8 Å². The number of aldehydes is 1. The van der Waals surface area contributed by atoms with Crippen LogP contribution in [0.25, 0.3) is 0 Å². The van der Waals surface area contributed by atoms with E-state index in [-0.39, 0.29) is 0 Å². The molecule has 0 aliphatic carbocycles. The van der Waals surface area contributed by atoms with Gasteiger partial charge in [0.1, 0.15) is 6.29 Å². The van der Waals surface area contributed by atoms with Gasteiger partial charge < -0.3 is 14.8 Å². The van der Waals surface area contributed by atoms with Gasteiger partial charge in [-0.25, -0.2) is 0 Å². The third kappa shape index (κ3) is 12.3. The first-order chi connectivity index (χ1) is 5.66. The summed E-state index contributed by atoms with van der Waals surface area (Å²) in [7, 11) is 5.10. The number of hydrogen-bond donors (Lipinski definition) is 1. The number of carbonyl (C=O) groups excluding carboxylic acids is 1. The Morgan fingerprint density at radius 3 is 2.25 bits per heavy atom. The van der Waals surface area contributed by atoms with Crippen molar-refractivity contribution < 1.29 is 9.90 Å². The van der Waals surface area contributed by atoms with Gasteiger partial charge in [0.25, 0.3) is 0 Å². The van der Waals surface area contributed by atoms with Crippen molar-refractivity contribution in [2.75, 3.05) is 27.7 Å². The van der Waals surface area contributed by atoms with Crippen LogP contribution in [0.15, 0.2) is 0 Å². The quantitative estimate of drug-likeness (QED) is 0.627. The fourth-order valence-corrected chi connectivity index (χ4v) is 0.761. The van der Waals surface area contributed by atoms with Crippen molar-refractivity contribution in [1.82, 2.24) is 4.90 Å². The second-order valence-electron chi connectivity index (χ2n) is 3.10. The number of aliphatic hydroxyl groups is 1. The highest BCUT2D eigenvalue weighted by atomic mass is 16.2. The second-order valence-corrected chi connectivity index (χ2v) is 3.10. The summed E-state index contributed by atoms with van der Waals surface area (Å²) in [6.45, 7) is 3.19. The highest BCUT2D eigenvalue weighted by molar-refractivity contribution is 5.49. The lowest BCUT2D eigenvalue weighted by molar-refractivity contribution is -0.108. The molecule has 0 aromatic heterocycles. The summed E-state index contributed by atoms with van der Waals surface area (Å²) in [5.41, 5.74) is 0. The number of carbonyl (C=O) groups is 1. The van der Waals surface area contributed by atoms with Crippen molar-refractivity contribution in [3.05, 3.63) is 0 Å². The molecule has 1 atom stereocenters. The van der Waals surface area contributed by atoms with E-state index >= 15 is 0 Å². The maximum Gasteiger partial charge on any atom is 0.120 e. The highest BCUT2D eigenvalue weighted by Gasteiger charge is 2.00. The topological polar surface area (TPSA) is 40.5 Å². The summed E-state index contributed by atoms with van der Waals surface area (Å²) in [6.07, 6.45) is 2.82. The van der Waals surface area contributed by atoms with E-state index in [2.05, 4.69) is 11.8 Å². The molecule has 1 unspecified atom stereocenters. The summed E-state index contributed by atoms with van der Waals surface area (Å²) in [6, 6.07) is 0. The summed E-state index contributed by atoms with van der Waals surface area (Å²) >= 11 is 0. The zero-order valence-electron chi connectivity index (χ0n) is 8.58. The van der Waals surface area contributed by atoms with Gasteiger partial charge in [0.2, 0.25) is 0 Å². The predicted octanol–water partition coefficient (Wildman–Crippen LogP) is 0.772. The molecule has 12 heavy (non-hydrogen) atoms. The van der Waals surface area contributed by atoms with E-state index in [1.807, 2.05) is 14.1 Å². The minimum atomic E-state index is 0.542. The molecule has 3 nitrogen and oxygen atoms in total. The Bertz CT molecular complexity index is 94.5. The minimum Gasteiger partial charge on any atom is -0.400 e. The average molecular weight is 175 g/mol. The first-order valence-corrected chi connectivity index (χ1v) is 4.20. The summed E-state index contributed by atoms with van der Waals surface area (Å²) < 4.78 is 0. The molecule has 0 spiro atoms. The second kappa shape index (κ2) is 10.6. The fourth-order valence-electron chi connectivity index (χ4n) is 0.761. The maximum absolute atomic E-state index is 10.0. The Labute approximate surface area is 75.4 Å². The van der Waals surface area contributed by atoms with Crippen LogP contribution in [0.5, 0.6) is 0 Å². The molecule has 0 rings (SSSR count). The van der Waals surface area contributed by atoms with Gasteiger partial charge in [-0.15, -0.1) is 0 Å². The monoisotopic (exact) mass is 175 g/mol. The zero-order chi connectivity index (χ0) is 9.98. The van der Waals surface area contributed by atoms with Gasteiger partial charge in [0, 0.05) is 13.5 Å². The van der Waals surface area contributed by atoms with Gasteiger partial charge in [0.15, 0.2) is 0 Å². The van der Waals surface area contributed by atoms with E-state index in [9.17, 15) is 4.79 Å². The molecule has 1 N–H and O–H groups in total. The number of nitrogens with zero attached hydrogens (tertiary/aromatic N) is 1. The van der Waals surface area contributed by atoms with E-state index in [0.29, 0.717) is 12.3 Å². The molecule has 74 valence electrons. The van der Waals surface area contributed by atoms with Crippen LogP contribution in [-0.4, -0.2) is 44.0 Å². The van der Waals surface area contributed by atoms with Crippen molar-refractivity contribution in [3.8, 4) is 0 Å². The van der Waals surface area contributed by atoms with Crippen LogP contribution in [-0.2, 0) is 4.79 Å². The van der Waals surface area contributed by atoms with Crippen LogP contribution in [0, 0.1) is 5.92 Å². The van der Waals surface area contributed by atoms with E-state index in [0.717, 1.165) is 26.4 Å². The molecule has 0 aliphatic rings. The van der Waals surface area contributed by atoms with Gasteiger partial charge in [-0.3, -0.25) is 0 Å². The Kier molecular flexibility index (Phi) is 12.5. The lowest BCUT2D eigenvalue weighted by Crippen LogP contribution is -2.15. The van der Waals surface area contributed by atoms with Crippen LogP contribution in [0.2, 0.25) is 0 Å². The van der Waals surface area contributed by atoms with Gasteiger partial charge in [-0.05, 0) is 33.0 Å². The zero-order valence-corrected chi connectivity index (χ0v) is 8.58. The van der Waals surface area contributed by atoms with E-state index in [4.69, 9.17) is 5.11 Å². The molecule has 0 heterocycles. The molecule has 0 saturated carbocycles. The van der Waals surface area contributed by atoms with E-state index < -0.39 is 0 Å². The van der Waals surface area contributed by atoms with Gasteiger partial charge in [-0.2, -0.15) is 0 Å². The first kappa shape index (κ1) is 14.1. The summed E-state index contributed by atoms with van der Waals surface area (Å²) in [4.78, 5) is 12.2. The minimum absolute atomic E-state index is 0.542. The van der Waals surface area contributed by atoms with Crippen molar-refractivity contribution >= 4 is 6.29 Å². The SMILES string of the molecule is CC(CC=O)CCN(C)C.CO. The highest BCUT2D eigenvalue weighted by Crippen LogP contribution is 2.04. The van der Waals surface area contributed by atoms with Crippen LogP contribution in [0.4, 0.5) is 0 Å². The molecule has 0 aromatic carbocycles. The molecule has 0 fully saturated rings. The Balaban J connectivity index is 0. The summed E-state index contributed by atoms with van der Waals surface area (Å²) in [5.74, 6) is 0.542. The van der Waals surface area contributed by atoms with E-state index in [1.165, 1.54) is 0 Å². The summed E-state index contributed by atoms with van der Waals surface area (Å²) in [5, 5.41) is 7.00. The third-order valence-electron chi connectivity index (χ3n) is 1.57. The Morgan fingerprint density at radius 1 is 1.42 bits per heavy atom. The number of rotatable bonds is 5. The number of hydrogen-bond acceptors (Lipinski definition) is 3. The molecule has 0 aliphatic heterocycles. The standard InChI is InChI=1S/C8H17NO.CH4O/c1-8(5-7-10)4-6-9(2)3;1-2/h7-8H,4-6H2,1-3H3;2H,1H3. The van der Waals surface area contributed by atoms with Crippen LogP contribution >= 0.6 is 0 Å². The molecular weight excluding hydrogens is 154 g/mol. The molecule has 0 amide bonds. The van der Waals surface area contributed by atoms with Gasteiger partial charge in [0.05, 0.1) is 0 Å². The van der Waals surface area contributed by atoms with Crippen LogP contribution < -0.4 is 0 Å². The first-order valence-electron chi connectivity index (χ1n) is 4.20. The molecule has 0 radical (unpaired) electrons. The largest absolute Gasteiger partial charge is 0.400 e. The Morgan fingerprint density at radius 2 is 1.92 bits per heavy atom. The Hall–Kier alpha value is -0.410. The van der Waals surface area contributed by atoms with Gasteiger partial charge >= 0.3 is 0 Å². The number of aliphatic hydroxyl groups excluding tert-OH is 1. The van der Waals surface area contributed by atoms with Crippen LogP contribution in [0.3, 0.4) is 0 Å². The average Bonchev–Trinajstić information content (AvgIpc) is 2.05. The normalized spacial score (nSPS) is 11.8. The molecular formula is C9H21NO2. The smallest absolute Gasteiger partial charge is 0.120 e. The third-order valence-corrected chi connectivity index (χ3v) is 1.57. The van der Waals surface area contributed by atoms with Gasteiger partial charge in [-0.1, -0.05) is 6.92 Å². The molecule has 3 heteroatoms. The van der Waals surface area contributed by atoms with E-state index in [1.54, 1.807) is 0 Å². The molecule has 0 bridgehead atoms. The maximum atomic E-state index is 10.0.